The molecule has 0 radical (unpaired) electrons. The highest BCUT2D eigenvalue weighted by molar-refractivity contribution is 5.91. The van der Waals surface area contributed by atoms with Gasteiger partial charge in [0.15, 0.2) is 0 Å². The summed E-state index contributed by atoms with van der Waals surface area (Å²) in [5, 5.41) is 16.2. The standard InChI is InChI=1S/C22H40N4O4/c1-14(2)17(13-15(3)21(29)30)25(8)20(28)18(22(4,5)6)23-19(27)16-11-10-12-24(7)26(16)9/h13-14,16-18H,10-12H2,1-9H3,(H,23,27)(H,29,30)/b15-13+/t16?,17?,18-/m1/s1. The van der Waals surface area contributed by atoms with Crippen LogP contribution < -0.4 is 5.32 Å². The molecule has 8 heteroatoms. The van der Waals surface area contributed by atoms with Crippen LogP contribution in [-0.2, 0) is 14.4 Å². The minimum absolute atomic E-state index is 0.0164. The number of nitrogens with one attached hydrogen (secondary N) is 1. The Kier molecular flexibility index (Phi) is 9.05. The van der Waals surface area contributed by atoms with Crippen molar-refractivity contribution in [2.45, 2.75) is 72.5 Å². The van der Waals surface area contributed by atoms with Gasteiger partial charge in [0.1, 0.15) is 12.1 Å². The van der Waals surface area contributed by atoms with E-state index in [4.69, 9.17) is 0 Å². The van der Waals surface area contributed by atoms with E-state index in [-0.39, 0.29) is 35.4 Å². The molecule has 0 aromatic heterocycles. The fraction of sp³-hybridized carbons (Fsp3) is 0.773. The summed E-state index contributed by atoms with van der Waals surface area (Å²) >= 11 is 0. The second-order valence-electron chi connectivity index (χ2n) is 9.76. The van der Waals surface area contributed by atoms with Crippen molar-refractivity contribution in [3.63, 3.8) is 0 Å². The summed E-state index contributed by atoms with van der Waals surface area (Å²) in [6.07, 6.45) is 3.26. The van der Waals surface area contributed by atoms with Gasteiger partial charge in [0, 0.05) is 33.3 Å². The summed E-state index contributed by atoms with van der Waals surface area (Å²) in [6, 6.07) is -1.43. The van der Waals surface area contributed by atoms with Crippen molar-refractivity contribution in [2.75, 3.05) is 27.7 Å². The van der Waals surface area contributed by atoms with Crippen LogP contribution >= 0.6 is 0 Å². The summed E-state index contributed by atoms with van der Waals surface area (Å²) < 4.78 is 0. The topological polar surface area (TPSA) is 93.2 Å². The van der Waals surface area contributed by atoms with Crippen LogP contribution in [0.25, 0.3) is 0 Å². The second-order valence-corrected chi connectivity index (χ2v) is 9.76. The first-order valence-corrected chi connectivity index (χ1v) is 10.6. The highest BCUT2D eigenvalue weighted by atomic mass is 16.4. The summed E-state index contributed by atoms with van der Waals surface area (Å²) in [6.45, 7) is 12.1. The average Bonchev–Trinajstić information content (AvgIpc) is 2.63. The van der Waals surface area contributed by atoms with Crippen molar-refractivity contribution in [1.82, 2.24) is 20.2 Å². The van der Waals surface area contributed by atoms with Crippen molar-refractivity contribution in [1.29, 1.82) is 0 Å². The zero-order chi connectivity index (χ0) is 23.4. The number of rotatable bonds is 7. The van der Waals surface area contributed by atoms with E-state index >= 15 is 0 Å². The van der Waals surface area contributed by atoms with Crippen LogP contribution in [0.15, 0.2) is 11.6 Å². The van der Waals surface area contributed by atoms with Crippen LogP contribution in [0, 0.1) is 11.3 Å². The Morgan fingerprint density at radius 2 is 1.77 bits per heavy atom. The van der Waals surface area contributed by atoms with Crippen molar-refractivity contribution in [2.24, 2.45) is 11.3 Å². The average molecular weight is 425 g/mol. The third-order valence-electron chi connectivity index (χ3n) is 5.89. The van der Waals surface area contributed by atoms with Crippen LogP contribution in [0.3, 0.4) is 0 Å². The smallest absolute Gasteiger partial charge is 0.331 e. The monoisotopic (exact) mass is 424 g/mol. The number of hydrazine groups is 1. The zero-order valence-electron chi connectivity index (χ0n) is 20.0. The molecule has 1 rings (SSSR count). The number of carbonyl (C=O) groups is 3. The van der Waals surface area contributed by atoms with E-state index in [1.807, 2.05) is 58.7 Å². The predicted molar refractivity (Wildman–Crippen MR) is 118 cm³/mol. The number of carbonyl (C=O) groups excluding carboxylic acids is 2. The molecule has 172 valence electrons. The molecule has 1 fully saturated rings. The molecule has 2 unspecified atom stereocenters. The first kappa shape index (κ1) is 26.1. The Morgan fingerprint density at radius 3 is 2.23 bits per heavy atom. The quantitative estimate of drug-likeness (QED) is 0.607. The molecule has 3 atom stereocenters. The number of amides is 2. The minimum Gasteiger partial charge on any atom is -0.478 e. The van der Waals surface area contributed by atoms with Crippen LogP contribution in [0.5, 0.6) is 0 Å². The van der Waals surface area contributed by atoms with Crippen molar-refractivity contribution < 1.29 is 19.5 Å². The van der Waals surface area contributed by atoms with Crippen molar-refractivity contribution in [3.05, 3.63) is 11.6 Å². The van der Waals surface area contributed by atoms with E-state index in [0.29, 0.717) is 0 Å². The second kappa shape index (κ2) is 10.4. The van der Waals surface area contributed by atoms with E-state index < -0.39 is 17.4 Å². The van der Waals surface area contributed by atoms with E-state index in [9.17, 15) is 19.5 Å². The van der Waals surface area contributed by atoms with Crippen LogP contribution in [0.4, 0.5) is 0 Å². The molecule has 0 aromatic rings. The Labute approximate surface area is 181 Å². The molecule has 30 heavy (non-hydrogen) atoms. The number of likely N-dealkylation sites (N-methyl/N-ethyl adjacent to an activating group) is 2. The number of hydrogen-bond donors (Lipinski definition) is 2. The van der Waals surface area contributed by atoms with E-state index in [0.717, 1.165) is 19.4 Å². The predicted octanol–water partition coefficient (Wildman–Crippen LogP) is 1.97. The molecule has 0 aliphatic carbocycles. The molecular formula is C22H40N4O4. The van der Waals surface area contributed by atoms with E-state index in [1.165, 1.54) is 6.92 Å². The lowest BCUT2D eigenvalue weighted by Crippen LogP contribution is -2.61. The third kappa shape index (κ3) is 6.54. The summed E-state index contributed by atoms with van der Waals surface area (Å²) in [4.78, 5) is 39.4. The van der Waals surface area contributed by atoms with Gasteiger partial charge in [-0.3, -0.25) is 9.59 Å². The maximum atomic E-state index is 13.5. The number of carboxylic acid groups (broad SMARTS) is 1. The van der Waals surface area contributed by atoms with Crippen LogP contribution in [-0.4, -0.2) is 83.6 Å². The van der Waals surface area contributed by atoms with Gasteiger partial charge < -0.3 is 15.3 Å². The fourth-order valence-electron chi connectivity index (χ4n) is 3.71. The molecule has 2 N–H and O–H groups in total. The minimum atomic E-state index is -1.01. The molecule has 1 aliphatic rings. The molecule has 2 amide bonds. The molecule has 0 spiro atoms. The lowest BCUT2D eigenvalue weighted by Gasteiger charge is -2.41. The number of aliphatic carboxylic acids is 1. The lowest BCUT2D eigenvalue weighted by atomic mass is 9.84. The van der Waals surface area contributed by atoms with Gasteiger partial charge in [-0.25, -0.2) is 14.8 Å². The van der Waals surface area contributed by atoms with Crippen LogP contribution in [0.2, 0.25) is 0 Å². The van der Waals surface area contributed by atoms with E-state index in [1.54, 1.807) is 18.0 Å². The number of hydrogen-bond acceptors (Lipinski definition) is 5. The Morgan fingerprint density at radius 1 is 1.20 bits per heavy atom. The van der Waals surface area contributed by atoms with Gasteiger partial charge in [0.05, 0.1) is 6.04 Å². The van der Waals surface area contributed by atoms with Gasteiger partial charge in [0.2, 0.25) is 11.8 Å². The molecule has 8 nitrogen and oxygen atoms in total. The summed E-state index contributed by atoms with van der Waals surface area (Å²) in [7, 11) is 5.51. The molecular weight excluding hydrogens is 384 g/mol. The number of carboxylic acids is 1. The van der Waals surface area contributed by atoms with Gasteiger partial charge in [0.25, 0.3) is 0 Å². The van der Waals surface area contributed by atoms with Crippen molar-refractivity contribution in [3.8, 4) is 0 Å². The SMILES string of the molecule is C/C(=C\C(C(C)C)N(C)C(=O)[C@@H](NC(=O)C1CCCN(C)N1C)C(C)(C)C)C(=O)O. The van der Waals surface area contributed by atoms with Crippen molar-refractivity contribution >= 4 is 17.8 Å². The largest absolute Gasteiger partial charge is 0.478 e. The van der Waals surface area contributed by atoms with E-state index in [2.05, 4.69) is 5.32 Å². The zero-order valence-corrected chi connectivity index (χ0v) is 20.0. The molecule has 1 saturated heterocycles. The molecule has 0 saturated carbocycles. The normalized spacial score (nSPS) is 21.3. The highest BCUT2D eigenvalue weighted by Gasteiger charge is 2.39. The van der Waals surface area contributed by atoms with Gasteiger partial charge in [-0.2, -0.15) is 0 Å². The molecule has 1 heterocycles. The Balaban J connectivity index is 3.12. The maximum absolute atomic E-state index is 13.5. The summed E-state index contributed by atoms with van der Waals surface area (Å²) in [5.41, 5.74) is -0.315. The highest BCUT2D eigenvalue weighted by Crippen LogP contribution is 2.25. The third-order valence-corrected chi connectivity index (χ3v) is 5.89. The molecule has 0 aromatic carbocycles. The first-order valence-electron chi connectivity index (χ1n) is 10.6. The molecule has 0 bridgehead atoms. The van der Waals surface area contributed by atoms with Gasteiger partial charge in [-0.1, -0.05) is 40.7 Å². The Hall–Kier alpha value is -1.93. The Bertz CT molecular complexity index is 669. The molecule has 1 aliphatic heterocycles. The number of nitrogens with zero attached hydrogens (tertiary/aromatic N) is 3. The summed E-state index contributed by atoms with van der Waals surface area (Å²) in [5.74, 6) is -1.38. The maximum Gasteiger partial charge on any atom is 0.331 e. The van der Waals surface area contributed by atoms with Gasteiger partial charge >= 0.3 is 5.97 Å². The van der Waals surface area contributed by atoms with Gasteiger partial charge in [-0.15, -0.1) is 0 Å². The van der Waals surface area contributed by atoms with Gasteiger partial charge in [-0.05, 0) is 31.1 Å². The lowest BCUT2D eigenvalue weighted by molar-refractivity contribution is -0.145. The first-order chi connectivity index (χ1) is 13.7. The fourth-order valence-corrected chi connectivity index (χ4v) is 3.71. The van der Waals surface area contributed by atoms with Crippen LogP contribution in [0.1, 0.15) is 54.4 Å².